The maximum Gasteiger partial charge on any atom is 0.312 e. The molecule has 1 aliphatic rings. The molecule has 15 heavy (non-hydrogen) atoms. The largest absolute Gasteiger partial charge is 0.495 e. The van der Waals surface area contributed by atoms with Crippen LogP contribution in [0.5, 0.6) is 5.75 Å². The molecule has 0 spiro atoms. The van der Waals surface area contributed by atoms with Crippen LogP contribution in [0.1, 0.15) is 11.5 Å². The normalized spacial score (nSPS) is 18.1. The summed E-state index contributed by atoms with van der Waals surface area (Å²) in [6, 6.07) is 3.37. The second-order valence-corrected chi connectivity index (χ2v) is 3.75. The Bertz CT molecular complexity index is 419. The Labute approximate surface area is 91.8 Å². The van der Waals surface area contributed by atoms with Gasteiger partial charge in [-0.3, -0.25) is 4.79 Å². The van der Waals surface area contributed by atoms with Crippen LogP contribution in [0.15, 0.2) is 12.1 Å². The van der Waals surface area contributed by atoms with E-state index < -0.39 is 11.9 Å². The molecule has 1 aromatic rings. The van der Waals surface area contributed by atoms with Crippen molar-refractivity contribution in [3.05, 3.63) is 22.7 Å². The molecule has 2 N–H and O–H groups in total. The molecule has 5 heteroatoms. The summed E-state index contributed by atoms with van der Waals surface area (Å²) >= 11 is 5.92. The van der Waals surface area contributed by atoms with Gasteiger partial charge in [-0.25, -0.2) is 0 Å². The average Bonchev–Trinajstić information content (AvgIpc) is 2.59. The van der Waals surface area contributed by atoms with Crippen LogP contribution in [0, 0.1) is 0 Å². The van der Waals surface area contributed by atoms with Gasteiger partial charge in [-0.2, -0.15) is 0 Å². The lowest BCUT2D eigenvalue weighted by Gasteiger charge is -2.08. The molecule has 0 aliphatic carbocycles. The number of methoxy groups -OCH3 is 1. The Balaban J connectivity index is 2.48. The maximum absolute atomic E-state index is 10.9. The maximum atomic E-state index is 10.9. The van der Waals surface area contributed by atoms with E-state index in [1.165, 1.54) is 7.11 Å². The molecule has 2 rings (SSSR count). The van der Waals surface area contributed by atoms with E-state index in [4.69, 9.17) is 21.4 Å². The Hall–Kier alpha value is -1.42. The van der Waals surface area contributed by atoms with Gasteiger partial charge in [0.25, 0.3) is 0 Å². The third-order valence-corrected chi connectivity index (χ3v) is 2.79. The number of carboxylic acid groups (broad SMARTS) is 1. The number of hydrogen-bond acceptors (Lipinski definition) is 3. The van der Waals surface area contributed by atoms with Crippen LogP contribution in [0.4, 0.5) is 5.69 Å². The lowest BCUT2D eigenvalue weighted by molar-refractivity contribution is -0.138. The zero-order valence-corrected chi connectivity index (χ0v) is 8.84. The first-order chi connectivity index (χ1) is 7.13. The Morgan fingerprint density at radius 2 is 2.40 bits per heavy atom. The van der Waals surface area contributed by atoms with Gasteiger partial charge >= 0.3 is 5.97 Å². The van der Waals surface area contributed by atoms with Gasteiger partial charge in [0, 0.05) is 12.2 Å². The quantitative estimate of drug-likeness (QED) is 0.811. The fraction of sp³-hybridized carbons (Fsp3) is 0.300. The fourth-order valence-corrected chi connectivity index (χ4v) is 1.95. The van der Waals surface area contributed by atoms with E-state index in [1.54, 1.807) is 12.1 Å². The van der Waals surface area contributed by atoms with Crippen LogP contribution >= 0.6 is 11.6 Å². The lowest BCUT2D eigenvalue weighted by Crippen LogP contribution is -2.13. The third kappa shape index (κ3) is 1.61. The van der Waals surface area contributed by atoms with E-state index in [-0.39, 0.29) is 0 Å². The van der Waals surface area contributed by atoms with E-state index in [1.807, 2.05) is 0 Å². The van der Waals surface area contributed by atoms with Crippen molar-refractivity contribution in [2.24, 2.45) is 0 Å². The number of rotatable bonds is 2. The first-order valence-electron chi connectivity index (χ1n) is 4.47. The number of halogens is 1. The third-order valence-electron chi connectivity index (χ3n) is 2.49. The minimum atomic E-state index is -0.842. The number of nitrogens with one attached hydrogen (secondary N) is 1. The standard InChI is InChI=1S/C10H10ClNO3/c1-15-9-2-5-6(10(13)14)4-12-8(5)3-7(9)11/h2-3,6,12H,4H2,1H3,(H,13,14). The molecule has 0 fully saturated rings. The highest BCUT2D eigenvalue weighted by Gasteiger charge is 2.29. The van der Waals surface area contributed by atoms with Gasteiger partial charge in [-0.1, -0.05) is 11.6 Å². The van der Waals surface area contributed by atoms with Gasteiger partial charge in [0.05, 0.1) is 12.1 Å². The zero-order chi connectivity index (χ0) is 11.0. The second-order valence-electron chi connectivity index (χ2n) is 3.35. The summed E-state index contributed by atoms with van der Waals surface area (Å²) in [6.45, 7) is 0.397. The molecule has 0 bridgehead atoms. The molecule has 1 unspecified atom stereocenters. The molecule has 1 aliphatic heterocycles. The number of fused-ring (bicyclic) bond motifs is 1. The van der Waals surface area contributed by atoms with Crippen molar-refractivity contribution < 1.29 is 14.6 Å². The number of carboxylic acids is 1. The molecule has 4 nitrogen and oxygen atoms in total. The Kier molecular flexibility index (Phi) is 2.44. The fourth-order valence-electron chi connectivity index (χ4n) is 1.71. The minimum Gasteiger partial charge on any atom is -0.495 e. The topological polar surface area (TPSA) is 58.6 Å². The van der Waals surface area contributed by atoms with E-state index in [2.05, 4.69) is 5.32 Å². The molecule has 0 aromatic heterocycles. The zero-order valence-electron chi connectivity index (χ0n) is 8.08. The van der Waals surface area contributed by atoms with E-state index in [9.17, 15) is 4.79 Å². The van der Waals surface area contributed by atoms with Crippen LogP contribution in [-0.2, 0) is 4.79 Å². The van der Waals surface area contributed by atoms with Gasteiger partial charge in [-0.15, -0.1) is 0 Å². The first-order valence-corrected chi connectivity index (χ1v) is 4.85. The van der Waals surface area contributed by atoms with Gasteiger partial charge in [0.2, 0.25) is 0 Å². The lowest BCUT2D eigenvalue weighted by atomic mass is 10.0. The van der Waals surface area contributed by atoms with Crippen molar-refractivity contribution in [3.63, 3.8) is 0 Å². The summed E-state index contributed by atoms with van der Waals surface area (Å²) in [5.41, 5.74) is 1.50. The highest BCUT2D eigenvalue weighted by Crippen LogP contribution is 2.38. The number of carbonyl (C=O) groups is 1. The van der Waals surface area contributed by atoms with Crippen molar-refractivity contribution in [1.82, 2.24) is 0 Å². The highest BCUT2D eigenvalue weighted by atomic mass is 35.5. The molecular weight excluding hydrogens is 218 g/mol. The SMILES string of the molecule is COc1cc2c(cc1Cl)NCC2C(=O)O. The molecule has 0 saturated carbocycles. The smallest absolute Gasteiger partial charge is 0.312 e. The van der Waals surface area contributed by atoms with Gasteiger partial charge in [-0.05, 0) is 17.7 Å². The van der Waals surface area contributed by atoms with Crippen LogP contribution in [0.2, 0.25) is 5.02 Å². The molecule has 1 atom stereocenters. The van der Waals surface area contributed by atoms with Gasteiger partial charge < -0.3 is 15.2 Å². The molecule has 1 aromatic carbocycles. The van der Waals surface area contributed by atoms with Crippen molar-refractivity contribution in [1.29, 1.82) is 0 Å². The van der Waals surface area contributed by atoms with Crippen LogP contribution in [0.25, 0.3) is 0 Å². The predicted octanol–water partition coefficient (Wildman–Crippen LogP) is 1.94. The number of ether oxygens (including phenoxy) is 1. The summed E-state index contributed by atoms with van der Waals surface area (Å²) in [7, 11) is 1.51. The summed E-state index contributed by atoms with van der Waals surface area (Å²) in [4.78, 5) is 10.9. The van der Waals surface area contributed by atoms with Gasteiger partial charge in [0.1, 0.15) is 11.7 Å². The molecular formula is C10H10ClNO3. The minimum absolute atomic E-state index is 0.397. The number of hydrogen-bond donors (Lipinski definition) is 2. The van der Waals surface area contributed by atoms with Crippen molar-refractivity contribution >= 4 is 23.3 Å². The Morgan fingerprint density at radius 1 is 1.67 bits per heavy atom. The van der Waals surface area contributed by atoms with E-state index >= 15 is 0 Å². The number of aliphatic carboxylic acids is 1. The first kappa shape index (κ1) is 10.1. The summed E-state index contributed by atoms with van der Waals surface area (Å²) in [6.07, 6.45) is 0. The van der Waals surface area contributed by atoms with E-state index in [0.717, 1.165) is 11.3 Å². The summed E-state index contributed by atoms with van der Waals surface area (Å²) < 4.78 is 5.05. The predicted molar refractivity (Wildman–Crippen MR) is 56.9 cm³/mol. The molecule has 80 valence electrons. The molecule has 0 radical (unpaired) electrons. The molecule has 0 amide bonds. The van der Waals surface area contributed by atoms with Crippen molar-refractivity contribution in [2.75, 3.05) is 19.0 Å². The number of benzene rings is 1. The highest BCUT2D eigenvalue weighted by molar-refractivity contribution is 6.32. The monoisotopic (exact) mass is 227 g/mol. The molecule has 1 heterocycles. The van der Waals surface area contributed by atoms with Crippen LogP contribution in [0.3, 0.4) is 0 Å². The summed E-state index contributed by atoms with van der Waals surface area (Å²) in [5.74, 6) is -0.859. The van der Waals surface area contributed by atoms with Crippen molar-refractivity contribution in [3.8, 4) is 5.75 Å². The number of anilines is 1. The van der Waals surface area contributed by atoms with E-state index in [0.29, 0.717) is 17.3 Å². The molecule has 0 saturated heterocycles. The Morgan fingerprint density at radius 3 is 3.00 bits per heavy atom. The van der Waals surface area contributed by atoms with Crippen LogP contribution in [-0.4, -0.2) is 24.7 Å². The summed E-state index contributed by atoms with van der Waals surface area (Å²) in [5, 5.41) is 12.5. The van der Waals surface area contributed by atoms with Crippen molar-refractivity contribution in [2.45, 2.75) is 5.92 Å². The van der Waals surface area contributed by atoms with Crippen LogP contribution < -0.4 is 10.1 Å². The second kappa shape index (κ2) is 3.62. The van der Waals surface area contributed by atoms with Gasteiger partial charge in [0.15, 0.2) is 0 Å². The average molecular weight is 228 g/mol.